The van der Waals surface area contributed by atoms with Gasteiger partial charge in [-0.15, -0.1) is 22.9 Å². The van der Waals surface area contributed by atoms with E-state index in [1.165, 1.54) is 16.0 Å². The van der Waals surface area contributed by atoms with Gasteiger partial charge in [0.25, 0.3) is 0 Å². The number of rotatable bonds is 2. The molecule has 2 unspecified atom stereocenters. The lowest BCUT2D eigenvalue weighted by Crippen LogP contribution is -2.20. The van der Waals surface area contributed by atoms with E-state index in [0.29, 0.717) is 5.92 Å². The van der Waals surface area contributed by atoms with Gasteiger partial charge in [0, 0.05) is 10.8 Å². The number of alkyl halides is 1. The molecule has 0 aliphatic heterocycles. The van der Waals surface area contributed by atoms with Gasteiger partial charge in [-0.2, -0.15) is 0 Å². The van der Waals surface area contributed by atoms with Crippen LogP contribution in [0, 0.1) is 6.92 Å². The van der Waals surface area contributed by atoms with Crippen molar-refractivity contribution in [2.45, 2.75) is 24.6 Å². The summed E-state index contributed by atoms with van der Waals surface area (Å²) in [6.45, 7) is 2.03. The molecule has 0 radical (unpaired) electrons. The van der Waals surface area contributed by atoms with Crippen molar-refractivity contribution >= 4 is 34.5 Å². The second-order valence-corrected chi connectivity index (χ2v) is 6.67. The average molecular weight is 283 g/mol. The zero-order valence-corrected chi connectivity index (χ0v) is 11.7. The molecule has 0 fully saturated rings. The molecule has 2 aromatic rings. The maximum atomic E-state index is 6.57. The molecule has 0 saturated carbocycles. The van der Waals surface area contributed by atoms with Crippen molar-refractivity contribution in [1.29, 1.82) is 0 Å². The molecule has 3 rings (SSSR count). The number of hydrogen-bond acceptors (Lipinski definition) is 1. The first kappa shape index (κ1) is 11.6. The molecule has 0 nitrogen and oxygen atoms in total. The van der Waals surface area contributed by atoms with Crippen LogP contribution in [0.4, 0.5) is 0 Å². The fourth-order valence-electron chi connectivity index (χ4n) is 2.38. The Labute approximate surface area is 115 Å². The second-order valence-electron chi connectivity index (χ2n) is 4.52. The van der Waals surface area contributed by atoms with Crippen LogP contribution in [0.25, 0.3) is 0 Å². The van der Waals surface area contributed by atoms with E-state index >= 15 is 0 Å². The minimum atomic E-state index is 0.0566. The predicted octanol–water partition coefficient (Wildman–Crippen LogP) is 5.33. The Balaban J connectivity index is 1.88. The van der Waals surface area contributed by atoms with Gasteiger partial charge in [0.2, 0.25) is 0 Å². The Bertz CT molecular complexity index is 540. The van der Waals surface area contributed by atoms with Crippen LogP contribution in [0.5, 0.6) is 0 Å². The van der Waals surface area contributed by atoms with Gasteiger partial charge in [0.05, 0.1) is 9.71 Å². The Morgan fingerprint density at radius 2 is 2.12 bits per heavy atom. The fraction of sp³-hybridized carbons (Fsp3) is 0.286. The highest BCUT2D eigenvalue weighted by atomic mass is 35.5. The third kappa shape index (κ3) is 1.91. The van der Waals surface area contributed by atoms with Crippen molar-refractivity contribution in [1.82, 2.24) is 0 Å². The lowest BCUT2D eigenvalue weighted by Gasteiger charge is -2.33. The standard InChI is InChI=1S/C14H12Cl2S/c1-8-6-12(17-14(8)16)13(15)11-7-9-4-2-3-5-10(9)11/h2-6,11,13H,7H2,1H3. The van der Waals surface area contributed by atoms with Crippen LogP contribution in [0.15, 0.2) is 30.3 Å². The molecule has 88 valence electrons. The maximum Gasteiger partial charge on any atom is 0.0960 e. The Kier molecular flexibility index (Phi) is 2.94. The molecule has 0 N–H and O–H groups in total. The largest absolute Gasteiger partial charge is 0.127 e. The van der Waals surface area contributed by atoms with Gasteiger partial charge in [0.1, 0.15) is 0 Å². The maximum absolute atomic E-state index is 6.57. The highest BCUT2D eigenvalue weighted by Gasteiger charge is 2.33. The van der Waals surface area contributed by atoms with Crippen molar-refractivity contribution in [3.63, 3.8) is 0 Å². The van der Waals surface area contributed by atoms with Crippen LogP contribution in [0.1, 0.15) is 32.9 Å². The van der Waals surface area contributed by atoms with Gasteiger partial charge >= 0.3 is 0 Å². The van der Waals surface area contributed by atoms with Gasteiger partial charge in [0.15, 0.2) is 0 Å². The number of fused-ring (bicyclic) bond motifs is 1. The van der Waals surface area contributed by atoms with Crippen molar-refractivity contribution in [3.05, 3.63) is 56.2 Å². The van der Waals surface area contributed by atoms with E-state index in [1.807, 2.05) is 6.92 Å². The van der Waals surface area contributed by atoms with E-state index < -0.39 is 0 Å². The van der Waals surface area contributed by atoms with Crippen molar-refractivity contribution in [3.8, 4) is 0 Å². The first-order valence-electron chi connectivity index (χ1n) is 5.64. The van der Waals surface area contributed by atoms with E-state index in [-0.39, 0.29) is 5.38 Å². The molecule has 0 spiro atoms. The fourth-order valence-corrected chi connectivity index (χ4v) is 4.06. The molecular weight excluding hydrogens is 271 g/mol. The molecule has 3 heteroatoms. The number of thiophene rings is 1. The number of benzene rings is 1. The third-order valence-corrected chi connectivity index (χ3v) is 5.70. The van der Waals surface area contributed by atoms with E-state index in [0.717, 1.165) is 16.3 Å². The molecule has 0 amide bonds. The minimum Gasteiger partial charge on any atom is -0.127 e. The van der Waals surface area contributed by atoms with Gasteiger partial charge in [-0.1, -0.05) is 35.9 Å². The summed E-state index contributed by atoms with van der Waals surface area (Å²) in [6, 6.07) is 10.7. The smallest absolute Gasteiger partial charge is 0.0960 e. The lowest BCUT2D eigenvalue weighted by atomic mass is 9.75. The van der Waals surface area contributed by atoms with Gasteiger partial charge in [-0.3, -0.25) is 0 Å². The van der Waals surface area contributed by atoms with Crippen molar-refractivity contribution in [2.75, 3.05) is 0 Å². The summed E-state index contributed by atoms with van der Waals surface area (Å²) in [7, 11) is 0. The van der Waals surface area contributed by atoms with Crippen LogP contribution in [-0.4, -0.2) is 0 Å². The van der Waals surface area contributed by atoms with Crippen LogP contribution in [0.3, 0.4) is 0 Å². The zero-order chi connectivity index (χ0) is 12.0. The van der Waals surface area contributed by atoms with Crippen molar-refractivity contribution in [2.24, 2.45) is 0 Å². The summed E-state index contributed by atoms with van der Waals surface area (Å²) in [6.07, 6.45) is 1.08. The van der Waals surface area contributed by atoms with E-state index in [4.69, 9.17) is 23.2 Å². The van der Waals surface area contributed by atoms with Crippen molar-refractivity contribution < 1.29 is 0 Å². The lowest BCUT2D eigenvalue weighted by molar-refractivity contribution is 0.592. The summed E-state index contributed by atoms with van der Waals surface area (Å²) in [5, 5.41) is 0.0566. The van der Waals surface area contributed by atoms with E-state index in [9.17, 15) is 0 Å². The van der Waals surface area contributed by atoms with Crippen LogP contribution < -0.4 is 0 Å². The van der Waals surface area contributed by atoms with Gasteiger partial charge < -0.3 is 0 Å². The highest BCUT2D eigenvalue weighted by molar-refractivity contribution is 7.16. The molecule has 2 atom stereocenters. The quantitative estimate of drug-likeness (QED) is 0.653. The zero-order valence-electron chi connectivity index (χ0n) is 9.41. The summed E-state index contributed by atoms with van der Waals surface area (Å²) in [5.41, 5.74) is 3.96. The molecule has 17 heavy (non-hydrogen) atoms. The predicted molar refractivity (Wildman–Crippen MR) is 75.5 cm³/mol. The summed E-state index contributed by atoms with van der Waals surface area (Å²) in [4.78, 5) is 1.19. The second kappa shape index (κ2) is 4.31. The molecule has 1 aliphatic rings. The molecular formula is C14H12Cl2S. The first-order valence-corrected chi connectivity index (χ1v) is 7.27. The Morgan fingerprint density at radius 3 is 2.76 bits per heavy atom. The van der Waals surface area contributed by atoms with Crippen LogP contribution >= 0.6 is 34.5 Å². The monoisotopic (exact) mass is 282 g/mol. The van der Waals surface area contributed by atoms with Gasteiger partial charge in [-0.05, 0) is 36.1 Å². The average Bonchev–Trinajstić information content (AvgIpc) is 2.61. The molecule has 1 aromatic heterocycles. The number of halogens is 2. The third-order valence-electron chi connectivity index (χ3n) is 3.40. The summed E-state index contributed by atoms with van der Waals surface area (Å²) >= 11 is 14.3. The molecule has 1 heterocycles. The molecule has 0 saturated heterocycles. The van der Waals surface area contributed by atoms with Gasteiger partial charge in [-0.25, -0.2) is 0 Å². The summed E-state index contributed by atoms with van der Waals surface area (Å²) < 4.78 is 0.859. The molecule has 0 bridgehead atoms. The number of hydrogen-bond donors (Lipinski definition) is 0. The Hall–Kier alpha value is -0.500. The molecule has 1 aromatic carbocycles. The van der Waals surface area contributed by atoms with Crippen LogP contribution in [0.2, 0.25) is 4.34 Å². The minimum absolute atomic E-state index is 0.0566. The van der Waals surface area contributed by atoms with Crippen LogP contribution in [-0.2, 0) is 6.42 Å². The highest BCUT2D eigenvalue weighted by Crippen LogP contribution is 2.49. The Morgan fingerprint density at radius 1 is 1.35 bits per heavy atom. The molecule has 1 aliphatic carbocycles. The summed E-state index contributed by atoms with van der Waals surface area (Å²) in [5.74, 6) is 0.446. The number of aryl methyl sites for hydroxylation is 1. The van der Waals surface area contributed by atoms with E-state index in [2.05, 4.69) is 30.3 Å². The topological polar surface area (TPSA) is 0 Å². The first-order chi connectivity index (χ1) is 8.16. The SMILES string of the molecule is Cc1cc(C(Cl)C2Cc3ccccc32)sc1Cl. The van der Waals surface area contributed by atoms with E-state index in [1.54, 1.807) is 11.3 Å². The normalized spacial score (nSPS) is 19.6.